The van der Waals surface area contributed by atoms with Crippen LogP contribution in [0.4, 0.5) is 23.2 Å². The largest absolute Gasteiger partial charge is 0.383 e. The van der Waals surface area contributed by atoms with Gasteiger partial charge in [0.1, 0.15) is 5.15 Å². The van der Waals surface area contributed by atoms with Crippen molar-refractivity contribution in [3.63, 3.8) is 0 Å². The summed E-state index contributed by atoms with van der Waals surface area (Å²) in [7, 11) is 0. The van der Waals surface area contributed by atoms with E-state index < -0.39 is 18.3 Å². The second-order valence-corrected chi connectivity index (χ2v) is 3.13. The Morgan fingerprint density at radius 3 is 2.50 bits per heavy atom. The van der Waals surface area contributed by atoms with E-state index in [1.165, 1.54) is 6.07 Å². The summed E-state index contributed by atoms with van der Waals surface area (Å²) in [5.74, 6) is -6.83. The van der Waals surface area contributed by atoms with Crippen molar-refractivity contribution in [3.8, 4) is 0 Å². The maximum absolute atomic E-state index is 12.5. The van der Waals surface area contributed by atoms with Gasteiger partial charge in [0.05, 0.1) is 11.9 Å². The molecule has 0 bridgehead atoms. The van der Waals surface area contributed by atoms with Crippen molar-refractivity contribution in [2.24, 2.45) is 0 Å². The molecule has 0 radical (unpaired) electrons. The van der Waals surface area contributed by atoms with Crippen LogP contribution < -0.4 is 5.32 Å². The first-order valence-corrected chi connectivity index (χ1v) is 4.31. The monoisotopic (exact) mass is 256 g/mol. The molecule has 0 aliphatic rings. The summed E-state index contributed by atoms with van der Waals surface area (Å²) < 4.78 is 48.6. The quantitative estimate of drug-likeness (QED) is 0.667. The Bertz CT molecular complexity index is 382. The Morgan fingerprint density at radius 2 is 2.06 bits per heavy atom. The molecule has 1 N–H and O–H groups in total. The number of carbonyl (C=O) groups is 1. The fraction of sp³-hybridized carbons (Fsp3) is 0.250. The van der Waals surface area contributed by atoms with Crippen LogP contribution in [0.1, 0.15) is 0 Å². The van der Waals surface area contributed by atoms with Gasteiger partial charge in [0.15, 0.2) is 0 Å². The number of rotatable bonds is 3. The number of halogens is 5. The third-order valence-electron chi connectivity index (χ3n) is 1.56. The van der Waals surface area contributed by atoms with Gasteiger partial charge in [-0.25, -0.2) is 13.8 Å². The fourth-order valence-corrected chi connectivity index (χ4v) is 0.875. The number of pyridine rings is 1. The van der Waals surface area contributed by atoms with Crippen molar-refractivity contribution >= 4 is 23.2 Å². The Labute approximate surface area is 92.4 Å². The Kier molecular flexibility index (Phi) is 3.69. The van der Waals surface area contributed by atoms with Gasteiger partial charge in [-0.3, -0.25) is 4.79 Å². The molecule has 0 fully saturated rings. The second-order valence-electron chi connectivity index (χ2n) is 2.75. The summed E-state index contributed by atoms with van der Waals surface area (Å²) in [6, 6.07) is 2.38. The van der Waals surface area contributed by atoms with Crippen molar-refractivity contribution in [1.82, 2.24) is 4.98 Å². The van der Waals surface area contributed by atoms with Gasteiger partial charge < -0.3 is 5.32 Å². The van der Waals surface area contributed by atoms with Crippen LogP contribution >= 0.6 is 11.6 Å². The number of hydrogen-bond acceptors (Lipinski definition) is 2. The predicted molar refractivity (Wildman–Crippen MR) is 48.8 cm³/mol. The molecule has 1 heterocycles. The smallest absolute Gasteiger partial charge is 0.319 e. The normalized spacial score (nSPS) is 11.6. The fourth-order valence-electron chi connectivity index (χ4n) is 0.763. The molecule has 0 aliphatic heterocycles. The third kappa shape index (κ3) is 2.82. The van der Waals surface area contributed by atoms with Crippen molar-refractivity contribution < 1.29 is 22.4 Å². The Morgan fingerprint density at radius 1 is 1.44 bits per heavy atom. The van der Waals surface area contributed by atoms with Crippen LogP contribution in [0.2, 0.25) is 5.15 Å². The van der Waals surface area contributed by atoms with E-state index in [-0.39, 0.29) is 10.8 Å². The molecule has 88 valence electrons. The zero-order valence-electron chi connectivity index (χ0n) is 7.55. The molecule has 0 saturated heterocycles. The zero-order valence-corrected chi connectivity index (χ0v) is 8.31. The number of anilines is 1. The van der Waals surface area contributed by atoms with Crippen LogP contribution in [0.3, 0.4) is 0 Å². The topological polar surface area (TPSA) is 42.0 Å². The SMILES string of the molecule is O=C(Nc1ccc(Cl)nc1)C(F)(F)C(F)F. The average Bonchev–Trinajstić information content (AvgIpc) is 2.21. The molecule has 1 aromatic rings. The highest BCUT2D eigenvalue weighted by atomic mass is 35.5. The van der Waals surface area contributed by atoms with E-state index >= 15 is 0 Å². The van der Waals surface area contributed by atoms with Gasteiger partial charge in [-0.1, -0.05) is 11.6 Å². The van der Waals surface area contributed by atoms with Crippen molar-refractivity contribution in [2.75, 3.05) is 5.32 Å². The highest BCUT2D eigenvalue weighted by Gasteiger charge is 2.48. The van der Waals surface area contributed by atoms with Crippen molar-refractivity contribution in [2.45, 2.75) is 12.3 Å². The van der Waals surface area contributed by atoms with Gasteiger partial charge in [-0.05, 0) is 12.1 Å². The number of nitrogens with zero attached hydrogens (tertiary/aromatic N) is 1. The van der Waals surface area contributed by atoms with Crippen LogP contribution in [0.15, 0.2) is 18.3 Å². The first kappa shape index (κ1) is 12.7. The molecule has 1 aromatic heterocycles. The van der Waals surface area contributed by atoms with Crippen molar-refractivity contribution in [3.05, 3.63) is 23.5 Å². The molecule has 0 unspecified atom stereocenters. The lowest BCUT2D eigenvalue weighted by Crippen LogP contribution is -2.40. The maximum atomic E-state index is 12.5. The molecular formula is C8H5ClF4N2O. The molecule has 0 atom stereocenters. The molecular weight excluding hydrogens is 252 g/mol. The van der Waals surface area contributed by atoms with Crippen LogP contribution in [-0.2, 0) is 4.79 Å². The van der Waals surface area contributed by atoms with Crippen molar-refractivity contribution in [1.29, 1.82) is 0 Å². The first-order chi connectivity index (χ1) is 7.34. The number of nitrogens with one attached hydrogen (secondary N) is 1. The number of alkyl halides is 4. The molecule has 0 aromatic carbocycles. The molecule has 1 amide bonds. The molecule has 8 heteroatoms. The minimum Gasteiger partial charge on any atom is -0.319 e. The van der Waals surface area contributed by atoms with E-state index in [1.807, 2.05) is 0 Å². The summed E-state index contributed by atoms with van der Waals surface area (Å²) in [5, 5.41) is 1.68. The lowest BCUT2D eigenvalue weighted by molar-refractivity contribution is -0.163. The first-order valence-electron chi connectivity index (χ1n) is 3.93. The van der Waals surface area contributed by atoms with Crippen LogP contribution in [-0.4, -0.2) is 23.2 Å². The lowest BCUT2D eigenvalue weighted by Gasteiger charge is -2.14. The van der Waals surface area contributed by atoms with Crippen LogP contribution in [0, 0.1) is 0 Å². The standard InChI is InChI=1S/C8H5ClF4N2O/c9-5-2-1-4(3-14-5)15-7(16)8(12,13)6(10)11/h1-3,6H,(H,15,16). The predicted octanol–water partition coefficient (Wildman–Crippen LogP) is 2.57. The Hall–Kier alpha value is -1.37. The van der Waals surface area contributed by atoms with E-state index in [2.05, 4.69) is 4.98 Å². The van der Waals surface area contributed by atoms with Gasteiger partial charge in [-0.15, -0.1) is 0 Å². The molecule has 0 aliphatic carbocycles. The van der Waals surface area contributed by atoms with Gasteiger partial charge in [0.2, 0.25) is 0 Å². The molecule has 1 rings (SSSR count). The molecule has 16 heavy (non-hydrogen) atoms. The minimum atomic E-state index is -4.74. The second kappa shape index (κ2) is 4.65. The molecule has 3 nitrogen and oxygen atoms in total. The van der Waals surface area contributed by atoms with Gasteiger partial charge in [0.25, 0.3) is 0 Å². The summed E-state index contributed by atoms with van der Waals surface area (Å²) in [6.07, 6.45) is -3.09. The highest BCUT2D eigenvalue weighted by Crippen LogP contribution is 2.24. The zero-order chi connectivity index (χ0) is 12.3. The van der Waals surface area contributed by atoms with E-state index in [9.17, 15) is 22.4 Å². The number of hydrogen-bond donors (Lipinski definition) is 1. The van der Waals surface area contributed by atoms with Gasteiger partial charge in [-0.2, -0.15) is 8.78 Å². The summed E-state index contributed by atoms with van der Waals surface area (Å²) in [4.78, 5) is 14.2. The third-order valence-corrected chi connectivity index (χ3v) is 1.79. The minimum absolute atomic E-state index is 0.0821. The molecule has 0 spiro atoms. The lowest BCUT2D eigenvalue weighted by atomic mass is 10.3. The van der Waals surface area contributed by atoms with E-state index in [1.54, 1.807) is 5.32 Å². The number of carbonyl (C=O) groups excluding carboxylic acids is 1. The van der Waals surface area contributed by atoms with Crippen LogP contribution in [0.25, 0.3) is 0 Å². The van der Waals surface area contributed by atoms with Gasteiger partial charge in [0, 0.05) is 0 Å². The Balaban J connectivity index is 2.75. The highest BCUT2D eigenvalue weighted by molar-refractivity contribution is 6.29. The number of aromatic nitrogens is 1. The van der Waals surface area contributed by atoms with Gasteiger partial charge >= 0.3 is 18.3 Å². The summed E-state index contributed by atoms with van der Waals surface area (Å²) in [5.41, 5.74) is -0.144. The van der Waals surface area contributed by atoms with E-state index in [4.69, 9.17) is 11.6 Å². The average molecular weight is 257 g/mol. The maximum Gasteiger partial charge on any atom is 0.383 e. The number of amides is 1. The van der Waals surface area contributed by atoms with E-state index in [0.717, 1.165) is 12.3 Å². The summed E-state index contributed by atoms with van der Waals surface area (Å²) >= 11 is 5.40. The van der Waals surface area contributed by atoms with E-state index in [0.29, 0.717) is 0 Å². The molecule has 0 saturated carbocycles. The summed E-state index contributed by atoms with van der Waals surface area (Å²) in [6.45, 7) is 0. The van der Waals surface area contributed by atoms with Crippen LogP contribution in [0.5, 0.6) is 0 Å².